The maximum Gasteiger partial charge on any atom is 0.110 e. The molecular weight excluding hydrogens is 330 g/mol. The molecule has 2 aliphatic carbocycles. The summed E-state index contributed by atoms with van der Waals surface area (Å²) in [5.41, 5.74) is 4.53. The fourth-order valence-corrected chi connectivity index (χ4v) is 7.02. The van der Waals surface area contributed by atoms with Crippen LogP contribution in [0.2, 0.25) is 0 Å². The summed E-state index contributed by atoms with van der Waals surface area (Å²) in [6, 6.07) is 11.5. The third kappa shape index (κ3) is 3.58. The highest BCUT2D eigenvalue weighted by Crippen LogP contribution is 2.63. The molecule has 1 aromatic carbocycles. The van der Waals surface area contributed by atoms with Crippen molar-refractivity contribution in [1.82, 2.24) is 0 Å². The van der Waals surface area contributed by atoms with E-state index in [0.717, 1.165) is 29.7 Å². The molecule has 0 aromatic heterocycles. The van der Waals surface area contributed by atoms with Gasteiger partial charge < -0.3 is 0 Å². The first-order valence-electron chi connectivity index (χ1n) is 10.8. The number of rotatable bonds is 6. The highest BCUT2D eigenvalue weighted by atomic mass is 31.0. The Bertz CT molecular complexity index is 620. The molecule has 0 saturated heterocycles. The Hall–Kier alpha value is -0.545. The lowest BCUT2D eigenvalue weighted by atomic mass is 9.45. The molecule has 0 heterocycles. The van der Waals surface area contributed by atoms with Gasteiger partial charge in [-0.2, -0.15) is 0 Å². The molecule has 7 atom stereocenters. The highest BCUT2D eigenvalue weighted by molar-refractivity contribution is 7.20. The van der Waals surface area contributed by atoms with Crippen molar-refractivity contribution in [3.63, 3.8) is 0 Å². The molecule has 0 nitrogen and oxygen atoms in total. The SMILES string of the molecule is BC(P)CC1C(C)CC2(c3ccccc3)CC1CC(CC)(C(=C)CC)C2. The summed E-state index contributed by atoms with van der Waals surface area (Å²) >= 11 is 0. The molecule has 2 fully saturated rings. The van der Waals surface area contributed by atoms with Crippen LogP contribution in [0.15, 0.2) is 42.5 Å². The molecule has 0 spiro atoms. The molecule has 2 bridgehead atoms. The van der Waals surface area contributed by atoms with Crippen LogP contribution < -0.4 is 0 Å². The smallest absolute Gasteiger partial charge is 0.110 e. The minimum atomic E-state index is 0.343. The monoisotopic (exact) mass is 368 g/mol. The summed E-state index contributed by atoms with van der Waals surface area (Å²) in [6.45, 7) is 11.9. The van der Waals surface area contributed by atoms with Crippen molar-refractivity contribution < 1.29 is 0 Å². The van der Waals surface area contributed by atoms with Crippen molar-refractivity contribution in [3.05, 3.63) is 48.0 Å². The highest BCUT2D eigenvalue weighted by Gasteiger charge is 2.54. The Morgan fingerprint density at radius 1 is 1.23 bits per heavy atom. The number of hydrogen-bond acceptors (Lipinski definition) is 0. The third-order valence-corrected chi connectivity index (χ3v) is 8.19. The van der Waals surface area contributed by atoms with Gasteiger partial charge in [0.2, 0.25) is 0 Å². The van der Waals surface area contributed by atoms with Crippen LogP contribution in [0.5, 0.6) is 0 Å². The summed E-state index contributed by atoms with van der Waals surface area (Å²) in [7, 11) is 5.42. The molecule has 0 aliphatic heterocycles. The lowest BCUT2D eigenvalue weighted by Gasteiger charge is -2.59. The maximum absolute atomic E-state index is 4.59. The van der Waals surface area contributed by atoms with Crippen LogP contribution in [0, 0.1) is 23.2 Å². The van der Waals surface area contributed by atoms with Gasteiger partial charge in [0.15, 0.2) is 0 Å². The van der Waals surface area contributed by atoms with Gasteiger partial charge in [-0.15, -0.1) is 9.24 Å². The Morgan fingerprint density at radius 3 is 2.50 bits per heavy atom. The lowest BCUT2D eigenvalue weighted by molar-refractivity contribution is -0.0180. The summed E-state index contributed by atoms with van der Waals surface area (Å²) in [5.74, 6) is 2.54. The van der Waals surface area contributed by atoms with Crippen molar-refractivity contribution in [2.45, 2.75) is 76.7 Å². The summed E-state index contributed by atoms with van der Waals surface area (Å²) < 4.78 is 0. The van der Waals surface area contributed by atoms with Crippen molar-refractivity contribution in [1.29, 1.82) is 0 Å². The van der Waals surface area contributed by atoms with Crippen LogP contribution in [-0.4, -0.2) is 13.4 Å². The first kappa shape index (κ1) is 20.2. The second-order valence-corrected chi connectivity index (χ2v) is 10.8. The predicted octanol–water partition coefficient (Wildman–Crippen LogP) is 5.97. The zero-order valence-corrected chi connectivity index (χ0v) is 18.6. The van der Waals surface area contributed by atoms with Gasteiger partial charge in [-0.25, -0.2) is 0 Å². The Balaban J connectivity index is 2.05. The molecule has 0 radical (unpaired) electrons. The van der Waals surface area contributed by atoms with Crippen molar-refractivity contribution in [2.24, 2.45) is 23.2 Å². The molecule has 2 heteroatoms. The largest absolute Gasteiger partial charge is 0.143 e. The molecule has 142 valence electrons. The molecule has 1 aromatic rings. The average Bonchev–Trinajstić information content (AvgIpc) is 2.64. The second kappa shape index (κ2) is 7.83. The topological polar surface area (TPSA) is 0 Å². The third-order valence-electron chi connectivity index (χ3n) is 7.92. The summed E-state index contributed by atoms with van der Waals surface area (Å²) in [5, 5.41) is 0. The van der Waals surface area contributed by atoms with Gasteiger partial charge >= 0.3 is 0 Å². The fourth-order valence-electron chi connectivity index (χ4n) is 6.71. The molecule has 0 amide bonds. The van der Waals surface area contributed by atoms with Crippen LogP contribution in [0.1, 0.15) is 71.3 Å². The predicted molar refractivity (Wildman–Crippen MR) is 122 cm³/mol. The van der Waals surface area contributed by atoms with Crippen molar-refractivity contribution >= 4 is 17.1 Å². The van der Waals surface area contributed by atoms with Crippen molar-refractivity contribution in [3.8, 4) is 0 Å². The minimum Gasteiger partial charge on any atom is -0.143 e. The van der Waals surface area contributed by atoms with Gasteiger partial charge in [-0.1, -0.05) is 75.2 Å². The van der Waals surface area contributed by atoms with Crippen LogP contribution in [0.4, 0.5) is 0 Å². The van der Waals surface area contributed by atoms with Gasteiger partial charge in [0, 0.05) is 0 Å². The van der Waals surface area contributed by atoms with Gasteiger partial charge in [0.1, 0.15) is 7.85 Å². The first-order chi connectivity index (χ1) is 12.4. The Labute approximate surface area is 165 Å². The molecule has 2 saturated carbocycles. The van der Waals surface area contributed by atoms with Gasteiger partial charge in [0.05, 0.1) is 0 Å². The minimum absolute atomic E-state index is 0.343. The van der Waals surface area contributed by atoms with E-state index in [4.69, 9.17) is 0 Å². The van der Waals surface area contributed by atoms with E-state index in [1.165, 1.54) is 44.1 Å². The summed E-state index contributed by atoms with van der Waals surface area (Å²) in [6.07, 6.45) is 9.18. The van der Waals surface area contributed by atoms with E-state index in [9.17, 15) is 0 Å². The standard InChI is InChI=1S/C24H38BP/c1-5-18(4)23(6-2)14-19-15-24(16-23,20-10-8-7-9-11-20)13-17(3)21(19)12-22(25)26/h7-11,17,19,21-22H,4-6,12-16,25-26H2,1-3H3. The first-order valence-corrected chi connectivity index (χ1v) is 11.5. The van der Waals surface area contributed by atoms with E-state index in [1.807, 2.05) is 0 Å². The van der Waals surface area contributed by atoms with E-state index < -0.39 is 0 Å². The number of allylic oxidation sites excluding steroid dienone is 1. The summed E-state index contributed by atoms with van der Waals surface area (Å²) in [4.78, 5) is 0. The van der Waals surface area contributed by atoms with Crippen LogP contribution in [0.25, 0.3) is 0 Å². The van der Waals surface area contributed by atoms with E-state index in [-0.39, 0.29) is 0 Å². The van der Waals surface area contributed by atoms with Crippen LogP contribution in [-0.2, 0) is 5.41 Å². The maximum atomic E-state index is 4.59. The van der Waals surface area contributed by atoms with Gasteiger partial charge in [0.25, 0.3) is 0 Å². The Kier molecular flexibility index (Phi) is 6.08. The normalized spacial score (nSPS) is 37.9. The second-order valence-electron chi connectivity index (χ2n) is 9.64. The zero-order valence-electron chi connectivity index (χ0n) is 17.4. The average molecular weight is 368 g/mol. The molecule has 3 rings (SSSR count). The van der Waals surface area contributed by atoms with Crippen LogP contribution >= 0.6 is 9.24 Å². The van der Waals surface area contributed by atoms with E-state index in [1.54, 1.807) is 5.56 Å². The molecule has 0 N–H and O–H groups in total. The molecule has 7 unspecified atom stereocenters. The number of hydrogen-bond donors (Lipinski definition) is 0. The van der Waals surface area contributed by atoms with Crippen molar-refractivity contribution in [2.75, 3.05) is 0 Å². The zero-order chi connectivity index (χ0) is 18.9. The number of fused-ring (bicyclic) bond motifs is 2. The van der Waals surface area contributed by atoms with Gasteiger partial charge in [-0.3, -0.25) is 0 Å². The van der Waals surface area contributed by atoms with E-state index in [2.05, 4.69) is 74.8 Å². The van der Waals surface area contributed by atoms with Gasteiger partial charge in [-0.05, 0) is 72.7 Å². The van der Waals surface area contributed by atoms with Crippen LogP contribution in [0.3, 0.4) is 0 Å². The van der Waals surface area contributed by atoms with E-state index in [0.29, 0.717) is 10.8 Å². The molecular formula is C24H38BP. The molecule has 26 heavy (non-hydrogen) atoms. The lowest BCUT2D eigenvalue weighted by Crippen LogP contribution is -2.51. The number of benzene rings is 1. The fraction of sp³-hybridized carbons (Fsp3) is 0.667. The molecule has 2 aliphatic rings. The quantitative estimate of drug-likeness (QED) is 0.330. The Morgan fingerprint density at radius 2 is 1.92 bits per heavy atom. The van der Waals surface area contributed by atoms with E-state index >= 15 is 0 Å².